The van der Waals surface area contributed by atoms with Crippen molar-refractivity contribution in [1.29, 1.82) is 0 Å². The van der Waals surface area contributed by atoms with Gasteiger partial charge in [0.1, 0.15) is 12.1 Å². The third-order valence-corrected chi connectivity index (χ3v) is 2.42. The van der Waals surface area contributed by atoms with Gasteiger partial charge in [-0.1, -0.05) is 0 Å². The summed E-state index contributed by atoms with van der Waals surface area (Å²) in [5.41, 5.74) is -1.68. The van der Waals surface area contributed by atoms with Crippen LogP contribution in [0.4, 0.5) is 22.0 Å². The molecule has 1 aromatic rings. The number of hydrogen-bond donors (Lipinski definition) is 1. The molecule has 0 saturated carbocycles. The van der Waals surface area contributed by atoms with Gasteiger partial charge in [0, 0.05) is 6.54 Å². The molecule has 0 radical (unpaired) electrons. The topological polar surface area (TPSA) is 57.6 Å². The van der Waals surface area contributed by atoms with Crippen LogP contribution in [0.25, 0.3) is 0 Å². The van der Waals surface area contributed by atoms with Crippen LogP contribution in [-0.4, -0.2) is 35.0 Å². The van der Waals surface area contributed by atoms with Gasteiger partial charge in [-0.3, -0.25) is 9.59 Å². The number of amides is 1. The lowest BCUT2D eigenvalue weighted by Gasteiger charge is -2.19. The average Bonchev–Trinajstić information content (AvgIpc) is 2.40. The SMILES string of the molecule is CCN(CC(=O)O)C(=O)c1c(F)c(F)c(F)c(F)c1F. The van der Waals surface area contributed by atoms with Crippen LogP contribution in [0.15, 0.2) is 0 Å². The molecule has 0 heterocycles. The van der Waals surface area contributed by atoms with E-state index in [1.54, 1.807) is 0 Å². The Kier molecular flexibility index (Phi) is 4.64. The summed E-state index contributed by atoms with van der Waals surface area (Å²) in [6.07, 6.45) is 0. The van der Waals surface area contributed by atoms with Crippen LogP contribution >= 0.6 is 0 Å². The van der Waals surface area contributed by atoms with Crippen molar-refractivity contribution in [2.45, 2.75) is 6.92 Å². The molecule has 0 aliphatic rings. The van der Waals surface area contributed by atoms with Crippen LogP contribution in [0.3, 0.4) is 0 Å². The monoisotopic (exact) mass is 297 g/mol. The zero-order valence-electron chi connectivity index (χ0n) is 10.0. The van der Waals surface area contributed by atoms with E-state index in [0.29, 0.717) is 4.90 Å². The standard InChI is InChI=1S/C11H8F5NO3/c1-2-17(3-4(18)19)11(20)5-6(12)8(14)10(16)9(15)7(5)13/h2-3H2,1H3,(H,18,19). The predicted molar refractivity (Wildman–Crippen MR) is 55.4 cm³/mol. The van der Waals surface area contributed by atoms with E-state index in [9.17, 15) is 31.5 Å². The molecule has 0 bridgehead atoms. The van der Waals surface area contributed by atoms with Crippen molar-refractivity contribution in [3.8, 4) is 0 Å². The van der Waals surface area contributed by atoms with Gasteiger partial charge in [-0.2, -0.15) is 0 Å². The summed E-state index contributed by atoms with van der Waals surface area (Å²) in [6.45, 7) is 0.0618. The zero-order valence-corrected chi connectivity index (χ0v) is 10.0. The van der Waals surface area contributed by atoms with Crippen molar-refractivity contribution in [2.75, 3.05) is 13.1 Å². The van der Waals surface area contributed by atoms with E-state index in [2.05, 4.69) is 0 Å². The first kappa shape index (κ1) is 15.9. The van der Waals surface area contributed by atoms with Crippen molar-refractivity contribution in [2.24, 2.45) is 0 Å². The number of nitrogens with zero attached hydrogens (tertiary/aromatic N) is 1. The minimum absolute atomic E-state index is 0.287. The van der Waals surface area contributed by atoms with Gasteiger partial charge in [-0.25, -0.2) is 22.0 Å². The molecule has 1 aromatic carbocycles. The van der Waals surface area contributed by atoms with Crippen LogP contribution in [0.2, 0.25) is 0 Å². The second-order valence-electron chi connectivity index (χ2n) is 3.66. The van der Waals surface area contributed by atoms with Gasteiger partial charge in [0.2, 0.25) is 5.82 Å². The van der Waals surface area contributed by atoms with Crippen molar-refractivity contribution >= 4 is 11.9 Å². The first-order valence-electron chi connectivity index (χ1n) is 5.24. The lowest BCUT2D eigenvalue weighted by Crippen LogP contribution is -2.37. The summed E-state index contributed by atoms with van der Waals surface area (Å²) in [6, 6.07) is 0. The lowest BCUT2D eigenvalue weighted by atomic mass is 10.1. The van der Waals surface area contributed by atoms with Crippen molar-refractivity contribution in [3.05, 3.63) is 34.6 Å². The summed E-state index contributed by atoms with van der Waals surface area (Å²) in [5, 5.41) is 8.51. The molecule has 1 N–H and O–H groups in total. The quantitative estimate of drug-likeness (QED) is 0.525. The summed E-state index contributed by atoms with van der Waals surface area (Å²) in [5.74, 6) is -14.6. The van der Waals surface area contributed by atoms with E-state index in [-0.39, 0.29) is 6.54 Å². The zero-order chi connectivity index (χ0) is 15.6. The molecule has 0 spiro atoms. The number of carboxylic acids is 1. The Bertz CT molecular complexity index is 547. The van der Waals surface area contributed by atoms with E-state index in [1.807, 2.05) is 0 Å². The number of aliphatic carboxylic acids is 1. The molecular formula is C11H8F5NO3. The molecule has 4 nitrogen and oxygen atoms in total. The first-order chi connectivity index (χ1) is 9.22. The van der Waals surface area contributed by atoms with Crippen molar-refractivity contribution in [3.63, 3.8) is 0 Å². The molecule has 9 heteroatoms. The van der Waals surface area contributed by atoms with Gasteiger partial charge >= 0.3 is 5.97 Å². The fourth-order valence-electron chi connectivity index (χ4n) is 1.44. The molecule has 0 aliphatic carbocycles. The molecule has 110 valence electrons. The number of halogens is 5. The van der Waals surface area contributed by atoms with Gasteiger partial charge in [0.15, 0.2) is 23.3 Å². The van der Waals surface area contributed by atoms with Crippen molar-refractivity contribution in [1.82, 2.24) is 4.90 Å². The van der Waals surface area contributed by atoms with Gasteiger partial charge < -0.3 is 10.0 Å². The highest BCUT2D eigenvalue weighted by molar-refractivity contribution is 5.96. The number of likely N-dealkylation sites (N-methyl/N-ethyl adjacent to an activating group) is 1. The smallest absolute Gasteiger partial charge is 0.323 e. The number of rotatable bonds is 4. The lowest BCUT2D eigenvalue weighted by molar-refractivity contribution is -0.137. The molecule has 0 unspecified atom stereocenters. The molecular weight excluding hydrogens is 289 g/mol. The Hall–Kier alpha value is -2.19. The summed E-state index contributed by atoms with van der Waals surface area (Å²) in [7, 11) is 0. The normalized spacial score (nSPS) is 10.5. The predicted octanol–water partition coefficient (Wildman–Crippen LogP) is 1.93. The Morgan fingerprint density at radius 1 is 0.950 bits per heavy atom. The van der Waals surface area contributed by atoms with Crippen LogP contribution in [-0.2, 0) is 4.79 Å². The van der Waals surface area contributed by atoms with E-state index < -0.39 is 53.1 Å². The second-order valence-corrected chi connectivity index (χ2v) is 3.66. The average molecular weight is 297 g/mol. The van der Waals surface area contributed by atoms with Gasteiger partial charge in [-0.05, 0) is 6.92 Å². The highest BCUT2D eigenvalue weighted by Gasteiger charge is 2.32. The molecule has 0 aromatic heterocycles. The maximum absolute atomic E-state index is 13.4. The summed E-state index contributed by atoms with van der Waals surface area (Å²) in [4.78, 5) is 22.6. The second kappa shape index (κ2) is 5.85. The Morgan fingerprint density at radius 2 is 1.35 bits per heavy atom. The van der Waals surface area contributed by atoms with E-state index in [4.69, 9.17) is 5.11 Å². The Morgan fingerprint density at radius 3 is 1.70 bits per heavy atom. The summed E-state index contributed by atoms with van der Waals surface area (Å²) >= 11 is 0. The molecule has 20 heavy (non-hydrogen) atoms. The molecule has 0 aliphatic heterocycles. The minimum atomic E-state index is -2.39. The van der Waals surface area contributed by atoms with E-state index in [1.165, 1.54) is 6.92 Å². The van der Waals surface area contributed by atoms with Crippen LogP contribution < -0.4 is 0 Å². The van der Waals surface area contributed by atoms with E-state index >= 15 is 0 Å². The fraction of sp³-hybridized carbons (Fsp3) is 0.273. The molecule has 1 amide bonds. The number of benzene rings is 1. The third kappa shape index (κ3) is 2.70. The van der Waals surface area contributed by atoms with Crippen LogP contribution in [0, 0.1) is 29.1 Å². The largest absolute Gasteiger partial charge is 0.480 e. The highest BCUT2D eigenvalue weighted by Crippen LogP contribution is 2.24. The number of hydrogen-bond acceptors (Lipinski definition) is 2. The maximum atomic E-state index is 13.4. The third-order valence-electron chi connectivity index (χ3n) is 2.42. The number of carboxylic acid groups (broad SMARTS) is 1. The van der Waals surface area contributed by atoms with Gasteiger partial charge in [0.05, 0.1) is 0 Å². The summed E-state index contributed by atoms with van der Waals surface area (Å²) < 4.78 is 65.4. The van der Waals surface area contributed by atoms with Gasteiger partial charge in [-0.15, -0.1) is 0 Å². The molecule has 0 saturated heterocycles. The van der Waals surface area contributed by atoms with Crippen LogP contribution in [0.5, 0.6) is 0 Å². The molecule has 0 atom stereocenters. The highest BCUT2D eigenvalue weighted by atomic mass is 19.2. The Labute approximate surface area is 109 Å². The minimum Gasteiger partial charge on any atom is -0.480 e. The maximum Gasteiger partial charge on any atom is 0.323 e. The molecule has 1 rings (SSSR count). The molecule has 0 fully saturated rings. The van der Waals surface area contributed by atoms with E-state index in [0.717, 1.165) is 0 Å². The van der Waals surface area contributed by atoms with Crippen molar-refractivity contribution < 1.29 is 36.6 Å². The number of carbonyl (C=O) groups excluding carboxylic acids is 1. The Balaban J connectivity index is 3.39. The number of carbonyl (C=O) groups is 2. The fourth-order valence-corrected chi connectivity index (χ4v) is 1.44. The van der Waals surface area contributed by atoms with Gasteiger partial charge in [0.25, 0.3) is 5.91 Å². The van der Waals surface area contributed by atoms with Crippen LogP contribution in [0.1, 0.15) is 17.3 Å². The first-order valence-corrected chi connectivity index (χ1v) is 5.24.